The third kappa shape index (κ3) is 3.15. The van der Waals surface area contributed by atoms with Gasteiger partial charge in [-0.05, 0) is 36.4 Å². The van der Waals surface area contributed by atoms with E-state index >= 15 is 0 Å². The molecule has 152 valence electrons. The van der Waals surface area contributed by atoms with Crippen LogP contribution < -0.4 is 15.5 Å². The molecule has 0 radical (unpaired) electrons. The highest BCUT2D eigenvalue weighted by molar-refractivity contribution is 5.99. The van der Waals surface area contributed by atoms with Crippen LogP contribution in [0.1, 0.15) is 0 Å². The van der Waals surface area contributed by atoms with Gasteiger partial charge in [-0.2, -0.15) is 0 Å². The number of hydroxylamine groups is 1. The van der Waals surface area contributed by atoms with E-state index in [-0.39, 0.29) is 25.0 Å². The molecule has 9 nitrogen and oxygen atoms in total. The maximum atomic E-state index is 12.6. The van der Waals surface area contributed by atoms with Gasteiger partial charge >= 0.3 is 0 Å². The lowest BCUT2D eigenvalue weighted by Crippen LogP contribution is -2.42. The van der Waals surface area contributed by atoms with E-state index in [1.807, 2.05) is 47.2 Å². The zero-order valence-corrected chi connectivity index (χ0v) is 16.1. The summed E-state index contributed by atoms with van der Waals surface area (Å²) in [4.78, 5) is 36.8. The van der Waals surface area contributed by atoms with Gasteiger partial charge in [0.2, 0.25) is 5.91 Å². The molecule has 4 aromatic rings. The normalized spacial score (nSPS) is 16.2. The second kappa shape index (κ2) is 7.20. The van der Waals surface area contributed by atoms with Crippen LogP contribution in [-0.2, 0) is 21.0 Å². The van der Waals surface area contributed by atoms with Crippen LogP contribution in [-0.4, -0.2) is 46.1 Å². The highest BCUT2D eigenvalue weighted by Crippen LogP contribution is 2.34. The molecule has 1 aliphatic rings. The van der Waals surface area contributed by atoms with E-state index in [1.54, 1.807) is 13.3 Å². The van der Waals surface area contributed by atoms with Gasteiger partial charge in [-0.15, -0.1) is 0 Å². The summed E-state index contributed by atoms with van der Waals surface area (Å²) in [6, 6.07) is 10.9. The first kappa shape index (κ1) is 18.2. The molecule has 1 aromatic carbocycles. The van der Waals surface area contributed by atoms with Crippen molar-refractivity contribution in [2.45, 2.75) is 12.6 Å². The van der Waals surface area contributed by atoms with E-state index in [9.17, 15) is 9.59 Å². The third-order valence-corrected chi connectivity index (χ3v) is 5.16. The smallest absolute Gasteiger partial charge is 0.268 e. The Morgan fingerprint density at radius 1 is 1.37 bits per heavy atom. The standard InChI is InChI=1S/C21H19N5O4/c1-29-13-4-5-18-14(8-13)15(16-7-12-3-2-6-22-20(12)24-16)9-26(18)10-19(27)23-17-11-30-25-21(17)28/h2-9,17H,10-11H2,1H3,(H,22,24)(H,23,27)(H,25,28). The number of hydrogen-bond acceptors (Lipinski definition) is 5. The van der Waals surface area contributed by atoms with Crippen molar-refractivity contribution in [2.24, 2.45) is 0 Å². The Hall–Kier alpha value is -3.85. The highest BCUT2D eigenvalue weighted by atomic mass is 16.7. The van der Waals surface area contributed by atoms with E-state index in [4.69, 9.17) is 9.57 Å². The first-order valence-corrected chi connectivity index (χ1v) is 9.44. The summed E-state index contributed by atoms with van der Waals surface area (Å²) < 4.78 is 7.25. The van der Waals surface area contributed by atoms with Gasteiger partial charge < -0.3 is 19.6 Å². The molecule has 0 bridgehead atoms. The molecular formula is C21H19N5O4. The van der Waals surface area contributed by atoms with Crippen molar-refractivity contribution in [1.29, 1.82) is 0 Å². The van der Waals surface area contributed by atoms with Crippen molar-refractivity contribution in [1.82, 2.24) is 25.3 Å². The van der Waals surface area contributed by atoms with E-state index in [0.717, 1.165) is 38.9 Å². The van der Waals surface area contributed by atoms with E-state index in [1.165, 1.54) is 0 Å². The number of H-pyrrole nitrogens is 1. The number of methoxy groups -OCH3 is 1. The number of carbonyl (C=O) groups excluding carboxylic acids is 2. The van der Waals surface area contributed by atoms with Crippen LogP contribution >= 0.6 is 0 Å². The number of pyridine rings is 1. The molecule has 5 rings (SSSR count). The van der Waals surface area contributed by atoms with Crippen LogP contribution in [0.5, 0.6) is 5.75 Å². The molecule has 0 aliphatic carbocycles. The molecule has 1 fully saturated rings. The first-order valence-electron chi connectivity index (χ1n) is 9.44. The quantitative estimate of drug-likeness (QED) is 0.469. The van der Waals surface area contributed by atoms with Crippen molar-refractivity contribution in [3.63, 3.8) is 0 Å². The molecule has 0 spiro atoms. The van der Waals surface area contributed by atoms with Crippen LogP contribution in [0.4, 0.5) is 0 Å². The monoisotopic (exact) mass is 405 g/mol. The van der Waals surface area contributed by atoms with Crippen LogP contribution in [0.25, 0.3) is 33.2 Å². The molecule has 2 amide bonds. The molecule has 1 unspecified atom stereocenters. The van der Waals surface area contributed by atoms with Crippen molar-refractivity contribution in [3.8, 4) is 17.0 Å². The number of nitrogens with one attached hydrogen (secondary N) is 3. The average molecular weight is 405 g/mol. The lowest BCUT2D eigenvalue weighted by molar-refractivity contribution is -0.128. The van der Waals surface area contributed by atoms with Crippen molar-refractivity contribution >= 4 is 33.8 Å². The topological polar surface area (TPSA) is 110 Å². The fourth-order valence-corrected chi connectivity index (χ4v) is 3.70. The van der Waals surface area contributed by atoms with Crippen molar-refractivity contribution in [2.75, 3.05) is 13.7 Å². The van der Waals surface area contributed by atoms with Gasteiger partial charge in [0.15, 0.2) is 0 Å². The Bertz CT molecular complexity index is 1240. The molecule has 0 saturated carbocycles. The Morgan fingerprint density at radius 2 is 2.27 bits per heavy atom. The summed E-state index contributed by atoms with van der Waals surface area (Å²) in [6.07, 6.45) is 3.65. The number of aromatic amines is 1. The van der Waals surface area contributed by atoms with Gasteiger partial charge in [0, 0.05) is 39.9 Å². The second-order valence-corrected chi connectivity index (χ2v) is 7.08. The van der Waals surface area contributed by atoms with Crippen molar-refractivity contribution < 1.29 is 19.2 Å². The SMILES string of the molecule is COc1ccc2c(c1)c(-c1cc3cccnc3[nH]1)cn2CC(=O)NC1CONC1=O. The number of aromatic nitrogens is 3. The minimum absolute atomic E-state index is 0.0606. The largest absolute Gasteiger partial charge is 0.497 e. The Labute approximate surface area is 170 Å². The summed E-state index contributed by atoms with van der Waals surface area (Å²) in [6.45, 7) is 0.173. The summed E-state index contributed by atoms with van der Waals surface area (Å²) in [5.74, 6) is 0.0925. The Kier molecular flexibility index (Phi) is 4.36. The molecule has 1 saturated heterocycles. The van der Waals surface area contributed by atoms with E-state index in [2.05, 4.69) is 20.8 Å². The Balaban J connectivity index is 1.54. The summed E-state index contributed by atoms with van der Waals surface area (Å²) in [7, 11) is 1.62. The van der Waals surface area contributed by atoms with Crippen molar-refractivity contribution in [3.05, 3.63) is 48.8 Å². The van der Waals surface area contributed by atoms with Gasteiger partial charge in [-0.3, -0.25) is 14.4 Å². The number of hydrogen-bond donors (Lipinski definition) is 3. The van der Waals surface area contributed by atoms with E-state index < -0.39 is 6.04 Å². The zero-order valence-electron chi connectivity index (χ0n) is 16.1. The molecule has 4 heterocycles. The second-order valence-electron chi connectivity index (χ2n) is 7.08. The summed E-state index contributed by atoms with van der Waals surface area (Å²) in [5.41, 5.74) is 5.72. The molecule has 1 atom stereocenters. The number of ether oxygens (including phenoxy) is 1. The number of nitrogens with zero attached hydrogens (tertiary/aromatic N) is 2. The Morgan fingerprint density at radius 3 is 3.03 bits per heavy atom. The van der Waals surface area contributed by atoms with Gasteiger partial charge in [0.1, 0.15) is 30.6 Å². The fraction of sp³-hybridized carbons (Fsp3) is 0.190. The minimum Gasteiger partial charge on any atom is -0.497 e. The molecule has 30 heavy (non-hydrogen) atoms. The fourth-order valence-electron chi connectivity index (χ4n) is 3.70. The molecular weight excluding hydrogens is 386 g/mol. The third-order valence-electron chi connectivity index (χ3n) is 5.16. The molecule has 3 N–H and O–H groups in total. The molecule has 3 aromatic heterocycles. The van der Waals surface area contributed by atoms with Crippen LogP contribution in [0.3, 0.4) is 0 Å². The maximum absolute atomic E-state index is 12.6. The van der Waals surface area contributed by atoms with Crippen LogP contribution in [0, 0.1) is 0 Å². The predicted molar refractivity (Wildman–Crippen MR) is 110 cm³/mol. The average Bonchev–Trinajstić information content (AvgIpc) is 3.45. The maximum Gasteiger partial charge on any atom is 0.268 e. The van der Waals surface area contributed by atoms with E-state index in [0.29, 0.717) is 0 Å². The number of rotatable bonds is 5. The van der Waals surface area contributed by atoms with Gasteiger partial charge in [-0.25, -0.2) is 10.5 Å². The predicted octanol–water partition coefficient (Wildman–Crippen LogP) is 1.74. The van der Waals surface area contributed by atoms with Crippen LogP contribution in [0.15, 0.2) is 48.8 Å². The number of carbonyl (C=O) groups is 2. The molecule has 9 heteroatoms. The summed E-state index contributed by atoms with van der Waals surface area (Å²) in [5, 5.41) is 4.64. The summed E-state index contributed by atoms with van der Waals surface area (Å²) >= 11 is 0. The molecule has 1 aliphatic heterocycles. The van der Waals surface area contributed by atoms with Gasteiger partial charge in [-0.1, -0.05) is 0 Å². The van der Waals surface area contributed by atoms with Gasteiger partial charge in [0.25, 0.3) is 5.91 Å². The van der Waals surface area contributed by atoms with Gasteiger partial charge in [0.05, 0.1) is 7.11 Å². The lowest BCUT2D eigenvalue weighted by atomic mass is 10.1. The lowest BCUT2D eigenvalue weighted by Gasteiger charge is -2.10. The number of benzene rings is 1. The number of fused-ring (bicyclic) bond motifs is 2. The first-order chi connectivity index (χ1) is 14.6. The highest BCUT2D eigenvalue weighted by Gasteiger charge is 2.27. The van der Waals surface area contributed by atoms with Crippen LogP contribution in [0.2, 0.25) is 0 Å². The zero-order chi connectivity index (χ0) is 20.7. The minimum atomic E-state index is -0.682. The number of amides is 2.